The van der Waals surface area contributed by atoms with E-state index in [1.807, 2.05) is 0 Å². The highest BCUT2D eigenvalue weighted by Crippen LogP contribution is 2.19. The number of carbonyl (C=O) groups is 1. The van der Waals surface area contributed by atoms with Crippen LogP contribution in [0.15, 0.2) is 24.3 Å². The highest BCUT2D eigenvalue weighted by Gasteiger charge is 2.29. The molecule has 1 unspecified atom stereocenters. The van der Waals surface area contributed by atoms with Gasteiger partial charge < -0.3 is 15.0 Å². The number of piperidine rings is 1. The van der Waals surface area contributed by atoms with E-state index in [-0.39, 0.29) is 18.2 Å². The van der Waals surface area contributed by atoms with Crippen LogP contribution in [0.4, 0.5) is 13.2 Å². The van der Waals surface area contributed by atoms with Gasteiger partial charge in [0.15, 0.2) is 6.61 Å². The molecule has 1 N–H and O–H groups in total. The molecule has 0 bridgehead atoms. The Labute approximate surface area is 175 Å². The van der Waals surface area contributed by atoms with Gasteiger partial charge in [-0.25, -0.2) is 0 Å². The number of likely N-dealkylation sites (tertiary alicyclic amines) is 1. The lowest BCUT2D eigenvalue weighted by atomic mass is 10.0. The minimum Gasteiger partial charge on any atom is -0.484 e. The van der Waals surface area contributed by atoms with Gasteiger partial charge in [-0.3, -0.25) is 14.6 Å². The fourth-order valence-electron chi connectivity index (χ4n) is 4.09. The summed E-state index contributed by atoms with van der Waals surface area (Å²) in [5, 5.41) is 2.85. The molecule has 1 atom stereocenters. The van der Waals surface area contributed by atoms with Crippen molar-refractivity contribution in [3.63, 3.8) is 0 Å². The summed E-state index contributed by atoms with van der Waals surface area (Å²) in [7, 11) is 2.17. The third-order valence-corrected chi connectivity index (χ3v) is 5.68. The largest absolute Gasteiger partial charge is 0.484 e. The molecule has 0 radical (unpaired) electrons. The zero-order chi connectivity index (χ0) is 21.6. The summed E-state index contributed by atoms with van der Waals surface area (Å²) in [6, 6.07) is 6.98. The third-order valence-electron chi connectivity index (χ3n) is 5.68. The molecule has 6 nitrogen and oxygen atoms in total. The first-order valence-electron chi connectivity index (χ1n) is 10.5. The fourth-order valence-corrected chi connectivity index (χ4v) is 4.09. The normalized spacial score (nSPS) is 22.1. The van der Waals surface area contributed by atoms with Gasteiger partial charge in [-0.1, -0.05) is 12.1 Å². The molecule has 0 aromatic heterocycles. The van der Waals surface area contributed by atoms with Gasteiger partial charge in [0.05, 0.1) is 6.54 Å². The Balaban J connectivity index is 1.37. The first-order valence-corrected chi connectivity index (χ1v) is 10.5. The van der Waals surface area contributed by atoms with Crippen molar-refractivity contribution in [2.24, 2.45) is 0 Å². The van der Waals surface area contributed by atoms with Crippen molar-refractivity contribution in [3.05, 3.63) is 29.8 Å². The molecule has 2 heterocycles. The van der Waals surface area contributed by atoms with E-state index in [2.05, 4.69) is 27.1 Å². The summed E-state index contributed by atoms with van der Waals surface area (Å²) >= 11 is 0. The van der Waals surface area contributed by atoms with Crippen LogP contribution >= 0.6 is 0 Å². The topological polar surface area (TPSA) is 48.0 Å². The van der Waals surface area contributed by atoms with Gasteiger partial charge in [-0.2, -0.15) is 13.2 Å². The van der Waals surface area contributed by atoms with E-state index in [0.717, 1.165) is 32.7 Å². The van der Waals surface area contributed by atoms with Crippen molar-refractivity contribution >= 4 is 5.91 Å². The number of benzene rings is 1. The fraction of sp³-hybridized carbons (Fsp3) is 0.667. The number of halogens is 3. The molecular formula is C21H31F3N4O2. The number of hydrogen-bond donors (Lipinski definition) is 1. The van der Waals surface area contributed by atoms with Gasteiger partial charge in [0.1, 0.15) is 5.75 Å². The van der Waals surface area contributed by atoms with Gasteiger partial charge in [0.25, 0.3) is 0 Å². The Morgan fingerprint density at radius 1 is 1.20 bits per heavy atom. The lowest BCUT2D eigenvalue weighted by molar-refractivity contribution is -0.153. The summed E-state index contributed by atoms with van der Waals surface area (Å²) in [5.74, 6) is 0.0611. The van der Waals surface area contributed by atoms with Gasteiger partial charge >= 0.3 is 6.18 Å². The number of nitrogens with zero attached hydrogens (tertiary/aromatic N) is 3. The SMILES string of the molecule is CN1CCCC(N2CCN(CC(=O)NCc3cccc(OCC(F)(F)F)c3)CC2)C1. The van der Waals surface area contributed by atoms with Gasteiger partial charge in [-0.05, 0) is 44.1 Å². The Bertz CT molecular complexity index is 693. The zero-order valence-corrected chi connectivity index (χ0v) is 17.5. The predicted octanol–water partition coefficient (Wildman–Crippen LogP) is 1.96. The quantitative estimate of drug-likeness (QED) is 0.720. The number of carbonyl (C=O) groups excluding carboxylic acids is 1. The first kappa shape index (κ1) is 22.8. The Morgan fingerprint density at radius 2 is 1.97 bits per heavy atom. The number of alkyl halides is 3. The lowest BCUT2D eigenvalue weighted by Gasteiger charge is -2.42. The van der Waals surface area contributed by atoms with E-state index in [1.165, 1.54) is 31.5 Å². The lowest BCUT2D eigenvalue weighted by Crippen LogP contribution is -2.55. The first-order chi connectivity index (χ1) is 14.3. The standard InChI is InChI=1S/C21H31F3N4O2/c1-26-7-3-5-18(14-26)28-10-8-27(9-11-28)15-20(29)25-13-17-4-2-6-19(12-17)30-16-21(22,23)24/h2,4,6,12,18H,3,5,7-11,13-16H2,1H3,(H,25,29). The van der Waals surface area contributed by atoms with E-state index in [0.29, 0.717) is 18.2 Å². The summed E-state index contributed by atoms with van der Waals surface area (Å²) in [5.41, 5.74) is 0.703. The average Bonchev–Trinajstić information content (AvgIpc) is 2.71. The zero-order valence-electron chi connectivity index (χ0n) is 17.5. The van der Waals surface area contributed by atoms with E-state index >= 15 is 0 Å². The predicted molar refractivity (Wildman–Crippen MR) is 108 cm³/mol. The van der Waals surface area contributed by atoms with Crippen LogP contribution in [-0.4, -0.2) is 92.3 Å². The van der Waals surface area contributed by atoms with Crippen molar-refractivity contribution in [3.8, 4) is 5.75 Å². The van der Waals surface area contributed by atoms with Crippen molar-refractivity contribution in [2.45, 2.75) is 31.6 Å². The number of nitrogens with one attached hydrogen (secondary N) is 1. The van der Waals surface area contributed by atoms with Crippen LogP contribution in [0.1, 0.15) is 18.4 Å². The van der Waals surface area contributed by atoms with Crippen molar-refractivity contribution < 1.29 is 22.7 Å². The van der Waals surface area contributed by atoms with Crippen molar-refractivity contribution in [1.29, 1.82) is 0 Å². The molecule has 30 heavy (non-hydrogen) atoms. The van der Waals surface area contributed by atoms with Gasteiger partial charge in [0.2, 0.25) is 5.91 Å². The molecule has 0 aliphatic carbocycles. The molecule has 168 valence electrons. The average molecular weight is 428 g/mol. The minimum atomic E-state index is -4.37. The molecule has 1 aromatic carbocycles. The number of piperazine rings is 1. The molecule has 1 amide bonds. The highest BCUT2D eigenvalue weighted by molar-refractivity contribution is 5.78. The van der Waals surface area contributed by atoms with E-state index in [1.54, 1.807) is 12.1 Å². The number of amides is 1. The second kappa shape index (κ2) is 10.5. The Hall–Kier alpha value is -1.84. The summed E-state index contributed by atoms with van der Waals surface area (Å²) in [4.78, 5) is 19.4. The van der Waals surface area contributed by atoms with Crippen LogP contribution in [0.25, 0.3) is 0 Å². The van der Waals surface area contributed by atoms with Gasteiger partial charge in [-0.15, -0.1) is 0 Å². The van der Waals surface area contributed by atoms with Crippen LogP contribution in [-0.2, 0) is 11.3 Å². The summed E-state index contributed by atoms with van der Waals surface area (Å²) in [6.45, 7) is 5.25. The van der Waals surface area contributed by atoms with Crippen molar-refractivity contribution in [2.75, 3.05) is 59.5 Å². The maximum atomic E-state index is 12.3. The molecular weight excluding hydrogens is 397 g/mol. The molecule has 2 fully saturated rings. The van der Waals surface area contributed by atoms with Crippen LogP contribution in [0, 0.1) is 0 Å². The molecule has 2 saturated heterocycles. The molecule has 9 heteroatoms. The van der Waals surface area contributed by atoms with E-state index in [4.69, 9.17) is 4.74 Å². The number of hydrogen-bond acceptors (Lipinski definition) is 5. The molecule has 3 rings (SSSR count). The van der Waals surface area contributed by atoms with Crippen molar-refractivity contribution in [1.82, 2.24) is 20.0 Å². The molecule has 1 aromatic rings. The van der Waals surface area contributed by atoms with Crippen LogP contribution in [0.3, 0.4) is 0 Å². The maximum absolute atomic E-state index is 12.3. The third kappa shape index (κ3) is 7.45. The minimum absolute atomic E-state index is 0.0811. The number of rotatable bonds is 7. The van der Waals surface area contributed by atoms with Gasteiger partial charge in [0, 0.05) is 45.3 Å². The molecule has 2 aliphatic rings. The molecule has 0 saturated carbocycles. The summed E-state index contributed by atoms with van der Waals surface area (Å²) in [6.07, 6.45) is -1.88. The monoisotopic (exact) mass is 428 g/mol. The van der Waals surface area contributed by atoms with E-state index < -0.39 is 12.8 Å². The van der Waals surface area contributed by atoms with Crippen LogP contribution in [0.5, 0.6) is 5.75 Å². The maximum Gasteiger partial charge on any atom is 0.422 e. The van der Waals surface area contributed by atoms with Crippen LogP contribution in [0.2, 0.25) is 0 Å². The Kier molecular flexibility index (Phi) is 7.96. The number of likely N-dealkylation sites (N-methyl/N-ethyl adjacent to an activating group) is 1. The van der Waals surface area contributed by atoms with Crippen LogP contribution < -0.4 is 10.1 Å². The number of ether oxygens (including phenoxy) is 1. The molecule has 2 aliphatic heterocycles. The smallest absolute Gasteiger partial charge is 0.422 e. The van der Waals surface area contributed by atoms with E-state index in [9.17, 15) is 18.0 Å². The second-order valence-corrected chi connectivity index (χ2v) is 8.20. The highest BCUT2D eigenvalue weighted by atomic mass is 19.4. The molecule has 0 spiro atoms. The Morgan fingerprint density at radius 3 is 2.67 bits per heavy atom. The summed E-state index contributed by atoms with van der Waals surface area (Å²) < 4.78 is 41.6. The second-order valence-electron chi connectivity index (χ2n) is 8.20.